The van der Waals surface area contributed by atoms with Gasteiger partial charge in [-0.05, 0) is 40.1 Å². The number of hydrogen-bond acceptors (Lipinski definition) is 4. The molecule has 1 aromatic rings. The lowest BCUT2D eigenvalue weighted by molar-refractivity contribution is -0.127. The topological polar surface area (TPSA) is 54.7 Å². The van der Waals surface area contributed by atoms with Gasteiger partial charge in [0.25, 0.3) is 0 Å². The fraction of sp³-hybridized carbons (Fsp3) is 0.615. The second-order valence-corrected chi connectivity index (χ2v) is 4.66. The van der Waals surface area contributed by atoms with Crippen molar-refractivity contribution in [2.24, 2.45) is 0 Å². The average molecular weight is 254 g/mol. The molecule has 0 saturated heterocycles. The van der Waals surface area contributed by atoms with Crippen molar-refractivity contribution < 1.29 is 13.9 Å². The lowest BCUT2D eigenvalue weighted by Crippen LogP contribution is -2.36. The van der Waals surface area contributed by atoms with E-state index in [1.807, 2.05) is 45.0 Å². The first-order chi connectivity index (χ1) is 8.50. The summed E-state index contributed by atoms with van der Waals surface area (Å²) in [5.41, 5.74) is 0. The molecule has 102 valence electrons. The summed E-state index contributed by atoms with van der Waals surface area (Å²) in [6.45, 7) is 4.40. The minimum atomic E-state index is -0.109. The van der Waals surface area contributed by atoms with Gasteiger partial charge in [-0.2, -0.15) is 0 Å². The van der Waals surface area contributed by atoms with Crippen molar-refractivity contribution in [3.63, 3.8) is 0 Å². The zero-order valence-electron chi connectivity index (χ0n) is 11.5. The van der Waals surface area contributed by atoms with Gasteiger partial charge in [-0.1, -0.05) is 0 Å². The van der Waals surface area contributed by atoms with Gasteiger partial charge in [-0.15, -0.1) is 0 Å². The number of carbonyl (C=O) groups is 1. The van der Waals surface area contributed by atoms with E-state index in [0.717, 1.165) is 5.76 Å². The Kier molecular flexibility index (Phi) is 5.88. The Bertz CT molecular complexity index is 347. The van der Waals surface area contributed by atoms with Crippen molar-refractivity contribution in [1.82, 2.24) is 10.2 Å². The molecule has 5 heteroatoms. The number of nitrogens with zero attached hydrogens (tertiary/aromatic N) is 1. The Balaban J connectivity index is 2.41. The summed E-state index contributed by atoms with van der Waals surface area (Å²) in [6, 6.07) is 3.78. The Labute approximate surface area is 108 Å². The van der Waals surface area contributed by atoms with E-state index >= 15 is 0 Å². The van der Waals surface area contributed by atoms with Gasteiger partial charge in [-0.3, -0.25) is 9.69 Å². The van der Waals surface area contributed by atoms with Crippen LogP contribution in [0.1, 0.15) is 25.6 Å². The maximum Gasteiger partial charge on any atom is 0.246 e. The minimum Gasteiger partial charge on any atom is -0.468 e. The zero-order valence-corrected chi connectivity index (χ0v) is 11.5. The van der Waals surface area contributed by atoms with E-state index in [9.17, 15) is 4.79 Å². The number of rotatable bonds is 7. The summed E-state index contributed by atoms with van der Waals surface area (Å²) >= 11 is 0. The average Bonchev–Trinajstić information content (AvgIpc) is 2.79. The molecule has 1 N–H and O–H groups in total. The largest absolute Gasteiger partial charge is 0.468 e. The molecule has 5 nitrogen and oxygen atoms in total. The molecule has 0 aromatic carbocycles. The fourth-order valence-electron chi connectivity index (χ4n) is 1.52. The van der Waals surface area contributed by atoms with E-state index < -0.39 is 0 Å². The molecule has 1 amide bonds. The monoisotopic (exact) mass is 254 g/mol. The predicted molar refractivity (Wildman–Crippen MR) is 69.2 cm³/mol. The van der Waals surface area contributed by atoms with Crippen LogP contribution in [0.3, 0.4) is 0 Å². The number of amides is 1. The molecule has 0 aliphatic heterocycles. The molecule has 0 radical (unpaired) electrons. The van der Waals surface area contributed by atoms with Gasteiger partial charge in [0.2, 0.25) is 5.91 Å². The SMILES string of the molecule is CC(C)OCC(=O)NCC(c1ccco1)N(C)C. The van der Waals surface area contributed by atoms with Gasteiger partial charge in [-0.25, -0.2) is 0 Å². The third-order valence-corrected chi connectivity index (χ3v) is 2.54. The molecule has 0 aliphatic rings. The van der Waals surface area contributed by atoms with Gasteiger partial charge in [0.15, 0.2) is 0 Å². The number of ether oxygens (including phenoxy) is 1. The molecule has 0 spiro atoms. The van der Waals surface area contributed by atoms with Gasteiger partial charge < -0.3 is 14.5 Å². The number of furan rings is 1. The molecule has 1 atom stereocenters. The van der Waals surface area contributed by atoms with Gasteiger partial charge in [0, 0.05) is 6.54 Å². The second kappa shape index (κ2) is 7.18. The summed E-state index contributed by atoms with van der Waals surface area (Å²) in [5.74, 6) is 0.729. The highest BCUT2D eigenvalue weighted by molar-refractivity contribution is 5.77. The highest BCUT2D eigenvalue weighted by Gasteiger charge is 2.17. The first-order valence-corrected chi connectivity index (χ1v) is 6.09. The highest BCUT2D eigenvalue weighted by atomic mass is 16.5. The molecule has 1 rings (SSSR count). The van der Waals surface area contributed by atoms with E-state index in [1.54, 1.807) is 6.26 Å². The quantitative estimate of drug-likeness (QED) is 0.799. The van der Waals surface area contributed by atoms with E-state index in [1.165, 1.54) is 0 Å². The zero-order chi connectivity index (χ0) is 13.5. The van der Waals surface area contributed by atoms with Crippen LogP contribution in [-0.4, -0.2) is 44.2 Å². The van der Waals surface area contributed by atoms with Crippen molar-refractivity contribution in [2.45, 2.75) is 26.0 Å². The van der Waals surface area contributed by atoms with E-state index in [2.05, 4.69) is 5.32 Å². The molecular formula is C13H22N2O3. The van der Waals surface area contributed by atoms with Crippen molar-refractivity contribution in [2.75, 3.05) is 27.2 Å². The van der Waals surface area contributed by atoms with Crippen LogP contribution in [0.25, 0.3) is 0 Å². The first-order valence-electron chi connectivity index (χ1n) is 6.09. The van der Waals surface area contributed by atoms with Gasteiger partial charge in [0.05, 0.1) is 18.4 Å². The number of carbonyl (C=O) groups excluding carboxylic acids is 1. The molecule has 0 bridgehead atoms. The van der Waals surface area contributed by atoms with Gasteiger partial charge in [0.1, 0.15) is 12.4 Å². The first kappa shape index (κ1) is 14.7. The van der Waals surface area contributed by atoms with Crippen LogP contribution in [0.15, 0.2) is 22.8 Å². The number of nitrogens with one attached hydrogen (secondary N) is 1. The van der Waals surface area contributed by atoms with Crippen molar-refractivity contribution in [3.8, 4) is 0 Å². The minimum absolute atomic E-state index is 0.0306. The van der Waals surface area contributed by atoms with Crippen molar-refractivity contribution in [1.29, 1.82) is 0 Å². The summed E-state index contributed by atoms with van der Waals surface area (Å²) in [6.07, 6.45) is 1.70. The Morgan fingerprint density at radius 3 is 2.72 bits per heavy atom. The van der Waals surface area contributed by atoms with E-state index in [-0.39, 0.29) is 24.7 Å². The Hall–Kier alpha value is -1.33. The van der Waals surface area contributed by atoms with Crippen molar-refractivity contribution in [3.05, 3.63) is 24.2 Å². The normalized spacial score (nSPS) is 13.0. The van der Waals surface area contributed by atoms with Crippen LogP contribution in [0.4, 0.5) is 0 Å². The smallest absolute Gasteiger partial charge is 0.246 e. The van der Waals surface area contributed by atoms with Gasteiger partial charge >= 0.3 is 0 Å². The molecular weight excluding hydrogens is 232 g/mol. The molecule has 0 aliphatic carbocycles. The molecule has 0 fully saturated rings. The van der Waals surface area contributed by atoms with Crippen LogP contribution in [0.2, 0.25) is 0 Å². The fourth-order valence-corrected chi connectivity index (χ4v) is 1.52. The van der Waals surface area contributed by atoms with Crippen LogP contribution < -0.4 is 5.32 Å². The van der Waals surface area contributed by atoms with Crippen LogP contribution in [0.5, 0.6) is 0 Å². The number of hydrogen-bond donors (Lipinski definition) is 1. The summed E-state index contributed by atoms with van der Waals surface area (Å²) in [4.78, 5) is 13.6. The summed E-state index contributed by atoms with van der Waals surface area (Å²) in [7, 11) is 3.90. The summed E-state index contributed by atoms with van der Waals surface area (Å²) < 4.78 is 10.6. The maximum absolute atomic E-state index is 11.6. The van der Waals surface area contributed by atoms with Crippen LogP contribution in [0, 0.1) is 0 Å². The lowest BCUT2D eigenvalue weighted by Gasteiger charge is -2.22. The van der Waals surface area contributed by atoms with E-state index in [4.69, 9.17) is 9.15 Å². The van der Waals surface area contributed by atoms with Crippen LogP contribution in [-0.2, 0) is 9.53 Å². The Morgan fingerprint density at radius 1 is 1.50 bits per heavy atom. The Morgan fingerprint density at radius 2 is 2.22 bits per heavy atom. The second-order valence-electron chi connectivity index (χ2n) is 4.66. The molecule has 0 saturated carbocycles. The van der Waals surface area contributed by atoms with Crippen molar-refractivity contribution >= 4 is 5.91 Å². The predicted octanol–water partition coefficient (Wildman–Crippen LogP) is 1.42. The third-order valence-electron chi connectivity index (χ3n) is 2.54. The highest BCUT2D eigenvalue weighted by Crippen LogP contribution is 2.17. The lowest BCUT2D eigenvalue weighted by atomic mass is 10.2. The third kappa shape index (κ3) is 4.89. The standard InChI is InChI=1S/C13H22N2O3/c1-10(2)18-9-13(16)14-8-11(15(3)4)12-6-5-7-17-12/h5-7,10-11H,8-9H2,1-4H3,(H,14,16). The summed E-state index contributed by atoms with van der Waals surface area (Å²) in [5, 5.41) is 2.84. The molecule has 1 heterocycles. The molecule has 1 unspecified atom stereocenters. The van der Waals surface area contributed by atoms with Crippen LogP contribution >= 0.6 is 0 Å². The molecule has 18 heavy (non-hydrogen) atoms. The molecule has 1 aromatic heterocycles. The number of likely N-dealkylation sites (N-methyl/N-ethyl adjacent to an activating group) is 1. The van der Waals surface area contributed by atoms with E-state index in [0.29, 0.717) is 6.54 Å². The maximum atomic E-state index is 11.6.